The SMILES string of the molecule is CCCCCC(=O)COCC. The number of hydrogen-bond acceptors (Lipinski definition) is 2. The summed E-state index contributed by atoms with van der Waals surface area (Å²) in [4.78, 5) is 11.0. The van der Waals surface area contributed by atoms with Crippen molar-refractivity contribution in [1.29, 1.82) is 0 Å². The number of rotatable bonds is 7. The fraction of sp³-hybridized carbons (Fsp3) is 0.889. The van der Waals surface area contributed by atoms with Gasteiger partial charge in [-0.2, -0.15) is 0 Å². The molecule has 11 heavy (non-hydrogen) atoms. The molecule has 0 spiro atoms. The monoisotopic (exact) mass is 158 g/mol. The third-order valence-electron chi connectivity index (χ3n) is 1.53. The Morgan fingerprint density at radius 3 is 2.55 bits per heavy atom. The summed E-state index contributed by atoms with van der Waals surface area (Å²) in [6.45, 7) is 4.98. The number of carbonyl (C=O) groups is 1. The van der Waals surface area contributed by atoms with Crippen molar-refractivity contribution in [3.63, 3.8) is 0 Å². The summed E-state index contributed by atoms with van der Waals surface area (Å²) in [5.74, 6) is 0.236. The van der Waals surface area contributed by atoms with Crippen molar-refractivity contribution in [1.82, 2.24) is 0 Å². The Labute approximate surface area is 68.9 Å². The molecule has 0 radical (unpaired) electrons. The lowest BCUT2D eigenvalue weighted by atomic mass is 10.1. The minimum absolute atomic E-state index is 0.236. The van der Waals surface area contributed by atoms with E-state index in [4.69, 9.17) is 4.74 Å². The lowest BCUT2D eigenvalue weighted by Crippen LogP contribution is -2.07. The highest BCUT2D eigenvalue weighted by atomic mass is 16.5. The number of ketones is 1. The highest BCUT2D eigenvalue weighted by Gasteiger charge is 1.99. The molecule has 0 aromatic rings. The Morgan fingerprint density at radius 2 is 2.00 bits per heavy atom. The average molecular weight is 158 g/mol. The van der Waals surface area contributed by atoms with E-state index in [1.807, 2.05) is 6.92 Å². The summed E-state index contributed by atoms with van der Waals surface area (Å²) < 4.78 is 4.98. The van der Waals surface area contributed by atoms with Crippen LogP contribution in [0.15, 0.2) is 0 Å². The maximum absolute atomic E-state index is 11.0. The van der Waals surface area contributed by atoms with Crippen LogP contribution < -0.4 is 0 Å². The molecule has 2 heteroatoms. The van der Waals surface area contributed by atoms with E-state index in [0.29, 0.717) is 19.6 Å². The summed E-state index contributed by atoms with van der Waals surface area (Å²) in [6.07, 6.45) is 4.02. The van der Waals surface area contributed by atoms with Crippen LogP contribution in [0.25, 0.3) is 0 Å². The Hall–Kier alpha value is -0.370. The first-order valence-corrected chi connectivity index (χ1v) is 4.40. The lowest BCUT2D eigenvalue weighted by molar-refractivity contribution is -0.123. The summed E-state index contributed by atoms with van der Waals surface area (Å²) in [5.41, 5.74) is 0. The number of carbonyl (C=O) groups excluding carboxylic acids is 1. The minimum atomic E-state index is 0.236. The second kappa shape index (κ2) is 7.73. The van der Waals surface area contributed by atoms with Crippen molar-refractivity contribution in [3.8, 4) is 0 Å². The molecule has 0 aromatic carbocycles. The maximum atomic E-state index is 11.0. The predicted molar refractivity (Wildman–Crippen MR) is 45.6 cm³/mol. The third kappa shape index (κ3) is 7.53. The Kier molecular flexibility index (Phi) is 7.47. The van der Waals surface area contributed by atoms with Gasteiger partial charge in [0.05, 0.1) is 0 Å². The van der Waals surface area contributed by atoms with E-state index in [1.165, 1.54) is 6.42 Å². The van der Waals surface area contributed by atoms with E-state index in [2.05, 4.69) is 6.92 Å². The fourth-order valence-corrected chi connectivity index (χ4v) is 0.860. The number of hydrogen-bond donors (Lipinski definition) is 0. The van der Waals surface area contributed by atoms with Crippen LogP contribution in [-0.2, 0) is 9.53 Å². The molecule has 0 saturated heterocycles. The van der Waals surface area contributed by atoms with Gasteiger partial charge in [-0.1, -0.05) is 19.8 Å². The topological polar surface area (TPSA) is 26.3 Å². The molecule has 0 heterocycles. The standard InChI is InChI=1S/C9H18O2/c1-3-5-6-7-9(10)8-11-4-2/h3-8H2,1-2H3. The molecule has 0 bridgehead atoms. The molecule has 0 aliphatic rings. The predicted octanol–water partition coefficient (Wildman–Crippen LogP) is 2.17. The van der Waals surface area contributed by atoms with Gasteiger partial charge in [0, 0.05) is 13.0 Å². The van der Waals surface area contributed by atoms with E-state index in [-0.39, 0.29) is 5.78 Å². The average Bonchev–Trinajstić information content (AvgIpc) is 2.01. The van der Waals surface area contributed by atoms with E-state index in [0.717, 1.165) is 12.8 Å². The molecule has 0 aromatic heterocycles. The summed E-state index contributed by atoms with van der Waals surface area (Å²) in [5, 5.41) is 0. The number of Topliss-reactive ketones (excluding diaryl/α,β-unsaturated/α-hetero) is 1. The minimum Gasteiger partial charge on any atom is -0.374 e. The second-order valence-electron chi connectivity index (χ2n) is 2.63. The van der Waals surface area contributed by atoms with Crippen LogP contribution in [-0.4, -0.2) is 19.0 Å². The quantitative estimate of drug-likeness (QED) is 0.531. The highest BCUT2D eigenvalue weighted by Crippen LogP contribution is 1.99. The van der Waals surface area contributed by atoms with Crippen molar-refractivity contribution in [2.75, 3.05) is 13.2 Å². The van der Waals surface area contributed by atoms with Crippen molar-refractivity contribution in [2.24, 2.45) is 0 Å². The maximum Gasteiger partial charge on any atom is 0.158 e. The molecule has 0 amide bonds. The molecule has 0 aliphatic carbocycles. The first kappa shape index (κ1) is 10.6. The van der Waals surface area contributed by atoms with Gasteiger partial charge in [0.1, 0.15) is 6.61 Å². The summed E-state index contributed by atoms with van der Waals surface area (Å²) in [7, 11) is 0. The molecule has 0 saturated carbocycles. The van der Waals surface area contributed by atoms with Gasteiger partial charge in [-0.3, -0.25) is 4.79 Å². The molecule has 0 N–H and O–H groups in total. The van der Waals surface area contributed by atoms with Gasteiger partial charge >= 0.3 is 0 Å². The largest absolute Gasteiger partial charge is 0.374 e. The number of ether oxygens (including phenoxy) is 1. The van der Waals surface area contributed by atoms with Crippen LogP contribution in [0, 0.1) is 0 Å². The van der Waals surface area contributed by atoms with E-state index in [9.17, 15) is 4.79 Å². The smallest absolute Gasteiger partial charge is 0.158 e. The lowest BCUT2D eigenvalue weighted by Gasteiger charge is -1.99. The Bertz CT molecular complexity index is 99.7. The van der Waals surface area contributed by atoms with Gasteiger partial charge in [0.25, 0.3) is 0 Å². The van der Waals surface area contributed by atoms with Crippen LogP contribution in [0.2, 0.25) is 0 Å². The molecule has 0 rings (SSSR count). The molecular weight excluding hydrogens is 140 g/mol. The van der Waals surface area contributed by atoms with E-state index in [1.54, 1.807) is 0 Å². The second-order valence-corrected chi connectivity index (χ2v) is 2.63. The highest BCUT2D eigenvalue weighted by molar-refractivity contribution is 5.79. The number of unbranched alkanes of at least 4 members (excludes halogenated alkanes) is 2. The van der Waals surface area contributed by atoms with Crippen LogP contribution >= 0.6 is 0 Å². The molecular formula is C9H18O2. The first-order chi connectivity index (χ1) is 5.31. The molecule has 0 fully saturated rings. The van der Waals surface area contributed by atoms with Gasteiger partial charge in [-0.05, 0) is 13.3 Å². The van der Waals surface area contributed by atoms with Gasteiger partial charge in [-0.15, -0.1) is 0 Å². The van der Waals surface area contributed by atoms with Crippen LogP contribution in [0.4, 0.5) is 0 Å². The van der Waals surface area contributed by atoms with E-state index < -0.39 is 0 Å². The summed E-state index contributed by atoms with van der Waals surface area (Å²) in [6, 6.07) is 0. The zero-order valence-corrected chi connectivity index (χ0v) is 7.56. The van der Waals surface area contributed by atoms with Gasteiger partial charge in [0.15, 0.2) is 5.78 Å². The zero-order chi connectivity index (χ0) is 8.53. The molecule has 0 atom stereocenters. The Balaban J connectivity index is 3.09. The third-order valence-corrected chi connectivity index (χ3v) is 1.53. The van der Waals surface area contributed by atoms with Crippen molar-refractivity contribution >= 4 is 5.78 Å². The molecule has 0 aliphatic heterocycles. The van der Waals surface area contributed by atoms with Crippen LogP contribution in [0.5, 0.6) is 0 Å². The summed E-state index contributed by atoms with van der Waals surface area (Å²) >= 11 is 0. The van der Waals surface area contributed by atoms with Crippen LogP contribution in [0.1, 0.15) is 39.5 Å². The fourth-order valence-electron chi connectivity index (χ4n) is 0.860. The van der Waals surface area contributed by atoms with Crippen molar-refractivity contribution in [3.05, 3.63) is 0 Å². The van der Waals surface area contributed by atoms with Gasteiger partial charge in [-0.25, -0.2) is 0 Å². The molecule has 66 valence electrons. The van der Waals surface area contributed by atoms with E-state index >= 15 is 0 Å². The van der Waals surface area contributed by atoms with Crippen molar-refractivity contribution < 1.29 is 9.53 Å². The molecule has 0 unspecified atom stereocenters. The Morgan fingerprint density at radius 1 is 1.27 bits per heavy atom. The van der Waals surface area contributed by atoms with Gasteiger partial charge in [0.2, 0.25) is 0 Å². The van der Waals surface area contributed by atoms with Crippen molar-refractivity contribution in [2.45, 2.75) is 39.5 Å². The van der Waals surface area contributed by atoms with Gasteiger partial charge < -0.3 is 4.74 Å². The first-order valence-electron chi connectivity index (χ1n) is 4.40. The normalized spacial score (nSPS) is 10.0. The van der Waals surface area contributed by atoms with Crippen LogP contribution in [0.3, 0.4) is 0 Å². The molecule has 2 nitrogen and oxygen atoms in total. The zero-order valence-electron chi connectivity index (χ0n) is 7.56.